The van der Waals surface area contributed by atoms with E-state index in [0.717, 1.165) is 12.0 Å². The van der Waals surface area contributed by atoms with Crippen molar-refractivity contribution in [2.45, 2.75) is 45.1 Å². The molecule has 0 unspecified atom stereocenters. The normalized spacial score (nSPS) is 13.2. The maximum atomic E-state index is 12.5. The monoisotopic (exact) mass is 312 g/mol. The topological polar surface area (TPSA) is 66.5 Å². The van der Waals surface area contributed by atoms with Crippen molar-refractivity contribution in [3.05, 3.63) is 29.8 Å². The van der Waals surface area contributed by atoms with Crippen LogP contribution in [0, 0.1) is 6.92 Å². The number of hydrogen-bond acceptors (Lipinski definition) is 3. The van der Waals surface area contributed by atoms with Gasteiger partial charge in [-0.05, 0) is 32.4 Å². The highest BCUT2D eigenvalue weighted by atomic mass is 32.2. The van der Waals surface area contributed by atoms with Gasteiger partial charge in [0, 0.05) is 12.6 Å². The number of sulfonamides is 1. The van der Waals surface area contributed by atoms with E-state index in [4.69, 9.17) is 0 Å². The van der Waals surface area contributed by atoms with Crippen LogP contribution in [0.15, 0.2) is 29.2 Å². The first-order chi connectivity index (χ1) is 9.81. The smallest absolute Gasteiger partial charge is 0.243 e. The third-order valence-corrected chi connectivity index (χ3v) is 5.29. The molecule has 1 aromatic carbocycles. The predicted octanol–water partition coefficient (Wildman–Crippen LogP) is 1.92. The molecule has 5 nitrogen and oxygen atoms in total. The highest BCUT2D eigenvalue weighted by Gasteiger charge is 2.25. The van der Waals surface area contributed by atoms with Crippen LogP contribution in [0.4, 0.5) is 0 Å². The summed E-state index contributed by atoms with van der Waals surface area (Å²) in [6.45, 7) is 7.57. The Labute approximate surface area is 127 Å². The number of hydrogen-bond donors (Lipinski definition) is 1. The van der Waals surface area contributed by atoms with E-state index in [1.165, 1.54) is 4.31 Å². The van der Waals surface area contributed by atoms with Gasteiger partial charge in [0.25, 0.3) is 0 Å². The number of likely N-dealkylation sites (N-methyl/N-ethyl adjacent to an activating group) is 1. The Morgan fingerprint density at radius 3 is 2.29 bits per heavy atom. The predicted molar refractivity (Wildman–Crippen MR) is 83.5 cm³/mol. The van der Waals surface area contributed by atoms with Crippen LogP contribution in [-0.4, -0.2) is 37.8 Å². The number of aryl methyl sites for hydroxylation is 1. The maximum Gasteiger partial charge on any atom is 0.243 e. The number of nitrogens with zero attached hydrogens (tertiary/aromatic N) is 1. The number of carbonyl (C=O) groups excluding carboxylic acids is 1. The summed E-state index contributed by atoms with van der Waals surface area (Å²) < 4.78 is 26.2. The van der Waals surface area contributed by atoms with Crippen molar-refractivity contribution >= 4 is 15.9 Å². The molecule has 0 saturated carbocycles. The lowest BCUT2D eigenvalue weighted by Gasteiger charge is -2.21. The van der Waals surface area contributed by atoms with Crippen LogP contribution in [0.25, 0.3) is 0 Å². The molecule has 1 atom stereocenters. The van der Waals surface area contributed by atoms with E-state index < -0.39 is 10.0 Å². The van der Waals surface area contributed by atoms with Gasteiger partial charge in [-0.25, -0.2) is 8.42 Å². The lowest BCUT2D eigenvalue weighted by molar-refractivity contribution is -0.121. The second kappa shape index (κ2) is 7.56. The zero-order valence-electron chi connectivity index (χ0n) is 13.1. The highest BCUT2D eigenvalue weighted by Crippen LogP contribution is 2.15. The van der Waals surface area contributed by atoms with Gasteiger partial charge in [-0.2, -0.15) is 4.31 Å². The van der Waals surface area contributed by atoms with E-state index in [0.29, 0.717) is 0 Å². The van der Waals surface area contributed by atoms with Gasteiger partial charge in [0.1, 0.15) is 0 Å². The van der Waals surface area contributed by atoms with Crippen LogP contribution in [-0.2, 0) is 14.8 Å². The van der Waals surface area contributed by atoms with Crippen LogP contribution in [0.5, 0.6) is 0 Å². The van der Waals surface area contributed by atoms with E-state index >= 15 is 0 Å². The molecule has 21 heavy (non-hydrogen) atoms. The van der Waals surface area contributed by atoms with Crippen molar-refractivity contribution in [1.29, 1.82) is 0 Å². The number of nitrogens with one attached hydrogen (secondary N) is 1. The summed E-state index contributed by atoms with van der Waals surface area (Å²) in [6, 6.07) is 6.68. The molecule has 0 saturated heterocycles. The van der Waals surface area contributed by atoms with Gasteiger partial charge in [0.2, 0.25) is 15.9 Å². The average molecular weight is 312 g/mol. The van der Waals surface area contributed by atoms with Crippen LogP contribution in [0.1, 0.15) is 32.8 Å². The quantitative estimate of drug-likeness (QED) is 0.836. The van der Waals surface area contributed by atoms with Crippen LogP contribution in [0.3, 0.4) is 0 Å². The Morgan fingerprint density at radius 2 is 1.81 bits per heavy atom. The average Bonchev–Trinajstić information content (AvgIpc) is 2.44. The lowest BCUT2D eigenvalue weighted by Crippen LogP contribution is -2.43. The Hall–Kier alpha value is -1.40. The first-order valence-electron chi connectivity index (χ1n) is 7.17. The van der Waals surface area contributed by atoms with Crippen LogP contribution in [0.2, 0.25) is 0 Å². The molecule has 6 heteroatoms. The van der Waals surface area contributed by atoms with Crippen molar-refractivity contribution < 1.29 is 13.2 Å². The molecule has 0 aromatic heterocycles. The molecule has 0 aliphatic rings. The molecule has 1 aromatic rings. The summed E-state index contributed by atoms with van der Waals surface area (Å²) in [5.74, 6) is -0.276. The molecule has 0 bridgehead atoms. The Kier molecular flexibility index (Phi) is 6.36. The van der Waals surface area contributed by atoms with Crippen molar-refractivity contribution in [2.75, 3.05) is 13.1 Å². The summed E-state index contributed by atoms with van der Waals surface area (Å²) in [5.41, 5.74) is 0.992. The fourth-order valence-corrected chi connectivity index (χ4v) is 3.21. The van der Waals surface area contributed by atoms with Gasteiger partial charge in [0.05, 0.1) is 11.4 Å². The first-order valence-corrected chi connectivity index (χ1v) is 8.61. The Bertz CT molecular complexity index is 567. The first kappa shape index (κ1) is 17.7. The van der Waals surface area contributed by atoms with Crippen LogP contribution < -0.4 is 5.32 Å². The van der Waals surface area contributed by atoms with Crippen molar-refractivity contribution in [3.63, 3.8) is 0 Å². The standard InChI is InChI=1S/C15H24N2O3S/c1-5-13(4)16-15(18)11-17(6-2)21(19,20)14-9-7-12(3)8-10-14/h7-10,13H,5-6,11H2,1-4H3,(H,16,18)/t13-/m1/s1. The summed E-state index contributed by atoms with van der Waals surface area (Å²) in [5, 5.41) is 2.78. The summed E-state index contributed by atoms with van der Waals surface area (Å²) in [6.07, 6.45) is 0.808. The summed E-state index contributed by atoms with van der Waals surface area (Å²) in [4.78, 5) is 12.1. The molecule has 0 heterocycles. The van der Waals surface area contributed by atoms with Crippen molar-refractivity contribution in [1.82, 2.24) is 9.62 Å². The lowest BCUT2D eigenvalue weighted by atomic mass is 10.2. The van der Waals surface area contributed by atoms with E-state index in [9.17, 15) is 13.2 Å². The molecule has 0 spiro atoms. The molecule has 0 fully saturated rings. The molecular formula is C15H24N2O3S. The minimum absolute atomic E-state index is 0.0401. The number of rotatable bonds is 7. The van der Waals surface area contributed by atoms with Crippen LogP contribution >= 0.6 is 0 Å². The molecule has 1 amide bonds. The fraction of sp³-hybridized carbons (Fsp3) is 0.533. The SMILES string of the molecule is CC[C@@H](C)NC(=O)CN(CC)S(=O)(=O)c1ccc(C)cc1. The molecule has 0 aliphatic heterocycles. The molecule has 1 N–H and O–H groups in total. The number of carbonyl (C=O) groups is 1. The van der Waals surface area contributed by atoms with E-state index in [1.807, 2.05) is 20.8 Å². The minimum Gasteiger partial charge on any atom is -0.353 e. The number of benzene rings is 1. The maximum absolute atomic E-state index is 12.5. The van der Waals surface area contributed by atoms with E-state index in [2.05, 4.69) is 5.32 Å². The number of amides is 1. The molecular weight excluding hydrogens is 288 g/mol. The van der Waals surface area contributed by atoms with Crippen molar-refractivity contribution in [2.24, 2.45) is 0 Å². The molecule has 0 radical (unpaired) electrons. The third kappa shape index (κ3) is 4.82. The Balaban J connectivity index is 2.88. The van der Waals surface area contributed by atoms with Gasteiger partial charge in [0.15, 0.2) is 0 Å². The second-order valence-electron chi connectivity index (χ2n) is 5.12. The van der Waals surface area contributed by atoms with Gasteiger partial charge in [-0.3, -0.25) is 4.79 Å². The molecule has 1 rings (SSSR count). The highest BCUT2D eigenvalue weighted by molar-refractivity contribution is 7.89. The van der Waals surface area contributed by atoms with Crippen molar-refractivity contribution in [3.8, 4) is 0 Å². The van der Waals surface area contributed by atoms with E-state index in [1.54, 1.807) is 31.2 Å². The minimum atomic E-state index is -3.63. The van der Waals surface area contributed by atoms with Gasteiger partial charge < -0.3 is 5.32 Å². The summed E-state index contributed by atoms with van der Waals surface area (Å²) in [7, 11) is -3.63. The third-order valence-electron chi connectivity index (χ3n) is 3.35. The zero-order valence-corrected chi connectivity index (χ0v) is 13.9. The van der Waals surface area contributed by atoms with Gasteiger partial charge in [-0.15, -0.1) is 0 Å². The van der Waals surface area contributed by atoms with Gasteiger partial charge >= 0.3 is 0 Å². The van der Waals surface area contributed by atoms with E-state index in [-0.39, 0.29) is 29.9 Å². The Morgan fingerprint density at radius 1 is 1.24 bits per heavy atom. The fourth-order valence-electron chi connectivity index (χ4n) is 1.81. The molecule has 0 aliphatic carbocycles. The molecule has 118 valence electrons. The zero-order chi connectivity index (χ0) is 16.0. The second-order valence-corrected chi connectivity index (χ2v) is 7.06. The van der Waals surface area contributed by atoms with Gasteiger partial charge in [-0.1, -0.05) is 31.5 Å². The largest absolute Gasteiger partial charge is 0.353 e. The summed E-state index contributed by atoms with van der Waals surface area (Å²) >= 11 is 0.